The molecule has 0 aliphatic heterocycles. The van der Waals surface area contributed by atoms with E-state index < -0.39 is 0 Å². The lowest BCUT2D eigenvalue weighted by Gasteiger charge is -2.02. The fourth-order valence-corrected chi connectivity index (χ4v) is 2.75. The zero-order valence-corrected chi connectivity index (χ0v) is 12.8. The van der Waals surface area contributed by atoms with E-state index in [2.05, 4.69) is 15.5 Å². The first-order valence-corrected chi connectivity index (χ1v) is 7.73. The monoisotopic (exact) mass is 303 g/mol. The van der Waals surface area contributed by atoms with Crippen molar-refractivity contribution >= 4 is 40.1 Å². The molecule has 1 aromatic rings. The van der Waals surface area contributed by atoms with Crippen LogP contribution in [0.3, 0.4) is 0 Å². The maximum absolute atomic E-state index is 11.5. The van der Waals surface area contributed by atoms with E-state index in [1.807, 2.05) is 13.8 Å². The number of nitrogens with one attached hydrogen (secondary N) is 1. The van der Waals surface area contributed by atoms with Gasteiger partial charge in [-0.1, -0.05) is 36.9 Å². The van der Waals surface area contributed by atoms with Crippen molar-refractivity contribution < 1.29 is 14.3 Å². The molecular weight excluding hydrogens is 286 g/mol. The number of aromatic nitrogens is 2. The van der Waals surface area contributed by atoms with Crippen LogP contribution in [0, 0.1) is 5.92 Å². The summed E-state index contributed by atoms with van der Waals surface area (Å²) < 4.78 is 5.44. The molecule has 6 nitrogen and oxygen atoms in total. The minimum Gasteiger partial charge on any atom is -0.465 e. The summed E-state index contributed by atoms with van der Waals surface area (Å²) in [5.74, 6) is 0.134. The molecule has 0 aliphatic carbocycles. The van der Waals surface area contributed by atoms with Crippen LogP contribution < -0.4 is 5.32 Å². The molecule has 1 aromatic heterocycles. The molecule has 0 aromatic carbocycles. The summed E-state index contributed by atoms with van der Waals surface area (Å²) in [5.41, 5.74) is 0. The molecule has 0 atom stereocenters. The van der Waals surface area contributed by atoms with Gasteiger partial charge in [0.25, 0.3) is 0 Å². The third kappa shape index (κ3) is 6.53. The average Bonchev–Trinajstić information content (AvgIpc) is 2.73. The molecule has 19 heavy (non-hydrogen) atoms. The van der Waals surface area contributed by atoms with Crippen molar-refractivity contribution in [3.05, 3.63) is 0 Å². The van der Waals surface area contributed by atoms with Gasteiger partial charge in [-0.25, -0.2) is 0 Å². The number of amides is 1. The number of hydrogen-bond donors (Lipinski definition) is 1. The van der Waals surface area contributed by atoms with Crippen LogP contribution in [0.15, 0.2) is 4.34 Å². The largest absolute Gasteiger partial charge is 0.465 e. The Bertz CT molecular complexity index is 435. The first kappa shape index (κ1) is 15.9. The van der Waals surface area contributed by atoms with Gasteiger partial charge < -0.3 is 10.1 Å². The molecule has 0 unspecified atom stereocenters. The van der Waals surface area contributed by atoms with Gasteiger partial charge in [-0.05, 0) is 12.8 Å². The van der Waals surface area contributed by atoms with Crippen molar-refractivity contribution in [2.24, 2.45) is 5.92 Å². The average molecular weight is 303 g/mol. The molecule has 0 spiro atoms. The van der Waals surface area contributed by atoms with Crippen molar-refractivity contribution in [1.29, 1.82) is 0 Å². The standard InChI is InChI=1S/C11H17N3O3S2/c1-4-17-9(16)6-18-11-14-13-10(19-11)12-8(15)5-7(2)3/h7H,4-6H2,1-3H3,(H,12,13,15). The van der Waals surface area contributed by atoms with Crippen LogP contribution in [0.2, 0.25) is 0 Å². The number of ether oxygens (including phenoxy) is 1. The summed E-state index contributed by atoms with van der Waals surface area (Å²) in [6, 6.07) is 0. The molecule has 0 fully saturated rings. The summed E-state index contributed by atoms with van der Waals surface area (Å²) in [5, 5.41) is 10.9. The lowest BCUT2D eigenvalue weighted by atomic mass is 10.1. The predicted octanol–water partition coefficient (Wildman–Crippen LogP) is 2.18. The van der Waals surface area contributed by atoms with E-state index in [9.17, 15) is 9.59 Å². The zero-order valence-electron chi connectivity index (χ0n) is 11.1. The molecular formula is C11H17N3O3S2. The molecule has 106 valence electrons. The summed E-state index contributed by atoms with van der Waals surface area (Å²) >= 11 is 2.50. The van der Waals surface area contributed by atoms with Gasteiger partial charge in [0, 0.05) is 6.42 Å². The van der Waals surface area contributed by atoms with Crippen LogP contribution >= 0.6 is 23.1 Å². The van der Waals surface area contributed by atoms with E-state index in [4.69, 9.17) is 4.74 Å². The minimum atomic E-state index is -0.284. The van der Waals surface area contributed by atoms with Gasteiger partial charge in [0.05, 0.1) is 12.4 Å². The highest BCUT2D eigenvalue weighted by molar-refractivity contribution is 8.01. The van der Waals surface area contributed by atoms with Gasteiger partial charge in [-0.2, -0.15) is 0 Å². The van der Waals surface area contributed by atoms with E-state index >= 15 is 0 Å². The van der Waals surface area contributed by atoms with Crippen LogP contribution in [-0.4, -0.2) is 34.4 Å². The maximum atomic E-state index is 11.5. The van der Waals surface area contributed by atoms with Gasteiger partial charge >= 0.3 is 5.97 Å². The van der Waals surface area contributed by atoms with Crippen molar-refractivity contribution in [3.8, 4) is 0 Å². The Morgan fingerprint density at radius 2 is 2.16 bits per heavy atom. The topological polar surface area (TPSA) is 81.2 Å². The normalized spacial score (nSPS) is 10.5. The number of carbonyl (C=O) groups excluding carboxylic acids is 2. The van der Waals surface area contributed by atoms with Gasteiger partial charge in [0.2, 0.25) is 11.0 Å². The zero-order chi connectivity index (χ0) is 14.3. The Kier molecular flexibility index (Phi) is 6.79. The highest BCUT2D eigenvalue weighted by Crippen LogP contribution is 2.25. The highest BCUT2D eigenvalue weighted by atomic mass is 32.2. The Balaban J connectivity index is 2.40. The van der Waals surface area contributed by atoms with E-state index in [1.165, 1.54) is 23.1 Å². The summed E-state index contributed by atoms with van der Waals surface area (Å²) in [6.07, 6.45) is 0.449. The molecule has 0 aliphatic rings. The Morgan fingerprint density at radius 3 is 2.79 bits per heavy atom. The first-order valence-electron chi connectivity index (χ1n) is 5.93. The number of nitrogens with zero attached hydrogens (tertiary/aromatic N) is 2. The molecule has 8 heteroatoms. The molecule has 0 radical (unpaired) electrons. The number of thioether (sulfide) groups is 1. The summed E-state index contributed by atoms with van der Waals surface area (Å²) in [6.45, 7) is 6.07. The number of esters is 1. The van der Waals surface area contributed by atoms with Crippen molar-refractivity contribution in [1.82, 2.24) is 10.2 Å². The predicted molar refractivity (Wildman–Crippen MR) is 75.4 cm³/mol. The molecule has 0 bridgehead atoms. The number of anilines is 1. The second-order valence-corrected chi connectivity index (χ2v) is 6.31. The third-order valence-corrected chi connectivity index (χ3v) is 3.81. The Labute approximate surface area is 120 Å². The van der Waals surface area contributed by atoms with Crippen LogP contribution in [0.4, 0.5) is 5.13 Å². The van der Waals surface area contributed by atoms with E-state index in [0.717, 1.165) is 0 Å². The van der Waals surface area contributed by atoms with Gasteiger partial charge in [0.15, 0.2) is 4.34 Å². The van der Waals surface area contributed by atoms with Gasteiger partial charge in [-0.3, -0.25) is 9.59 Å². The number of rotatable bonds is 7. The molecule has 0 saturated heterocycles. The lowest BCUT2D eigenvalue weighted by molar-refractivity contribution is -0.139. The molecule has 1 N–H and O–H groups in total. The second kappa shape index (κ2) is 8.11. The van der Waals surface area contributed by atoms with Crippen LogP contribution in [0.1, 0.15) is 27.2 Å². The quantitative estimate of drug-likeness (QED) is 0.472. The fourth-order valence-electron chi connectivity index (χ4n) is 1.18. The van der Waals surface area contributed by atoms with Crippen molar-refractivity contribution in [2.45, 2.75) is 31.5 Å². The third-order valence-electron chi connectivity index (χ3n) is 1.87. The van der Waals surface area contributed by atoms with Crippen LogP contribution in [0.5, 0.6) is 0 Å². The van der Waals surface area contributed by atoms with Crippen molar-refractivity contribution in [3.63, 3.8) is 0 Å². The number of carbonyl (C=O) groups is 2. The van der Waals surface area contributed by atoms with Crippen LogP contribution in [0.25, 0.3) is 0 Å². The first-order chi connectivity index (χ1) is 9.01. The molecule has 1 rings (SSSR count). The van der Waals surface area contributed by atoms with E-state index in [-0.39, 0.29) is 17.6 Å². The van der Waals surface area contributed by atoms with E-state index in [1.54, 1.807) is 6.92 Å². The van der Waals surface area contributed by atoms with E-state index in [0.29, 0.717) is 28.4 Å². The Morgan fingerprint density at radius 1 is 1.42 bits per heavy atom. The number of hydrogen-bond acceptors (Lipinski definition) is 7. The van der Waals surface area contributed by atoms with Crippen LogP contribution in [-0.2, 0) is 14.3 Å². The van der Waals surface area contributed by atoms with Gasteiger partial charge in [0.1, 0.15) is 0 Å². The minimum absolute atomic E-state index is 0.0758. The van der Waals surface area contributed by atoms with Crippen molar-refractivity contribution in [2.75, 3.05) is 17.7 Å². The second-order valence-electron chi connectivity index (χ2n) is 4.11. The SMILES string of the molecule is CCOC(=O)CSc1nnc(NC(=O)CC(C)C)s1. The molecule has 1 amide bonds. The fraction of sp³-hybridized carbons (Fsp3) is 0.636. The smallest absolute Gasteiger partial charge is 0.316 e. The Hall–Kier alpha value is -1.15. The highest BCUT2D eigenvalue weighted by Gasteiger charge is 2.11. The molecule has 0 saturated carbocycles. The summed E-state index contributed by atoms with van der Waals surface area (Å²) in [4.78, 5) is 22.7. The van der Waals surface area contributed by atoms with Gasteiger partial charge in [-0.15, -0.1) is 10.2 Å². The summed E-state index contributed by atoms with van der Waals surface area (Å²) in [7, 11) is 0. The lowest BCUT2D eigenvalue weighted by Crippen LogP contribution is -2.13. The maximum Gasteiger partial charge on any atom is 0.316 e. The molecule has 1 heterocycles.